The first kappa shape index (κ1) is 36.1. The number of fused-ring (bicyclic) bond motifs is 1. The Hall–Kier alpha value is -5.25. The minimum atomic E-state index is -5.44. The summed E-state index contributed by atoms with van der Waals surface area (Å²) >= 11 is 0. The maximum atomic E-state index is 13.8. The number of aromatic amines is 1. The molecule has 4 aliphatic carbocycles. The zero-order valence-corrected chi connectivity index (χ0v) is 29.1. The Bertz CT molecular complexity index is 2150. The van der Waals surface area contributed by atoms with Crippen LogP contribution >= 0.6 is 0 Å². The van der Waals surface area contributed by atoms with Gasteiger partial charge in [-0.05, 0) is 97.6 Å². The van der Waals surface area contributed by atoms with Gasteiger partial charge in [-0.1, -0.05) is 36.4 Å². The molecule has 12 nitrogen and oxygen atoms in total. The molecule has 0 spiro atoms. The number of sulfonamides is 1. The SMILES string of the molecule is O=C(NCC(C(=O)Nc1cccc(S(=O)(=O)NC(=O)C(F)(F)F)c1)c1ccccc1)c1cc2nc[nH]c2cc1C(=O)NCC12CC3CC(CC(C3)C1)C2. The number of alkyl halides is 3. The van der Waals surface area contributed by atoms with Crippen molar-refractivity contribution in [3.05, 3.63) is 89.7 Å². The van der Waals surface area contributed by atoms with Crippen molar-refractivity contribution in [2.45, 2.75) is 55.5 Å². The summed E-state index contributed by atoms with van der Waals surface area (Å²) in [5.74, 6) is -3.27. The average molecular weight is 751 g/mol. The number of halogens is 3. The van der Waals surface area contributed by atoms with Gasteiger partial charge in [0.25, 0.3) is 21.8 Å². The quantitative estimate of drug-likeness (QED) is 0.143. The monoisotopic (exact) mass is 750 g/mol. The number of anilines is 1. The van der Waals surface area contributed by atoms with Gasteiger partial charge in [-0.3, -0.25) is 19.2 Å². The van der Waals surface area contributed by atoms with Crippen molar-refractivity contribution in [3.8, 4) is 0 Å². The number of nitrogens with zero attached hydrogens (tertiary/aromatic N) is 1. The smallest absolute Gasteiger partial charge is 0.351 e. The Kier molecular flexibility index (Phi) is 9.51. The van der Waals surface area contributed by atoms with Crippen molar-refractivity contribution in [2.75, 3.05) is 18.4 Å². The van der Waals surface area contributed by atoms with Gasteiger partial charge in [0.2, 0.25) is 5.91 Å². The maximum absolute atomic E-state index is 13.8. The molecule has 3 aromatic carbocycles. The number of imidazole rings is 1. The van der Waals surface area contributed by atoms with Crippen molar-refractivity contribution in [2.24, 2.45) is 23.2 Å². The predicted octanol–water partition coefficient (Wildman–Crippen LogP) is 5.03. The molecule has 278 valence electrons. The number of H-pyrrole nitrogens is 1. The van der Waals surface area contributed by atoms with E-state index in [0.717, 1.165) is 36.1 Å². The largest absolute Gasteiger partial charge is 0.472 e. The molecular weight excluding hydrogens is 714 g/mol. The van der Waals surface area contributed by atoms with Crippen molar-refractivity contribution in [1.29, 1.82) is 0 Å². The number of hydrogen-bond donors (Lipinski definition) is 5. The lowest BCUT2D eigenvalue weighted by atomic mass is 9.49. The van der Waals surface area contributed by atoms with E-state index in [0.29, 0.717) is 40.9 Å². The molecule has 4 aliphatic rings. The molecule has 1 atom stereocenters. The second kappa shape index (κ2) is 14.0. The van der Waals surface area contributed by atoms with E-state index in [2.05, 4.69) is 25.9 Å². The molecule has 1 heterocycles. The third-order valence-electron chi connectivity index (χ3n) is 10.7. The number of benzene rings is 3. The van der Waals surface area contributed by atoms with Crippen molar-refractivity contribution < 1.29 is 40.8 Å². The molecule has 4 saturated carbocycles. The molecule has 53 heavy (non-hydrogen) atoms. The molecule has 4 fully saturated rings. The van der Waals surface area contributed by atoms with E-state index in [-0.39, 0.29) is 34.7 Å². The van der Waals surface area contributed by atoms with Gasteiger partial charge in [0.1, 0.15) is 0 Å². The third-order valence-corrected chi connectivity index (χ3v) is 12.0. The molecule has 5 N–H and O–H groups in total. The van der Waals surface area contributed by atoms with Crippen LogP contribution in [0.1, 0.15) is 70.7 Å². The highest BCUT2D eigenvalue weighted by atomic mass is 32.2. The average Bonchev–Trinajstić information content (AvgIpc) is 3.57. The lowest BCUT2D eigenvalue weighted by Gasteiger charge is -2.56. The van der Waals surface area contributed by atoms with Crippen LogP contribution in [0.15, 0.2) is 78.0 Å². The zero-order valence-electron chi connectivity index (χ0n) is 28.3. The second-order valence-electron chi connectivity index (χ2n) is 14.5. The van der Waals surface area contributed by atoms with Crippen LogP contribution in [0.25, 0.3) is 11.0 Å². The molecule has 4 bridgehead atoms. The van der Waals surface area contributed by atoms with Crippen LogP contribution in [-0.2, 0) is 19.6 Å². The van der Waals surface area contributed by atoms with Crippen LogP contribution in [0.4, 0.5) is 18.9 Å². The molecule has 1 unspecified atom stereocenters. The Morgan fingerprint density at radius 1 is 0.849 bits per heavy atom. The summed E-state index contributed by atoms with van der Waals surface area (Å²) in [7, 11) is -4.93. The topological polar surface area (TPSA) is 179 Å². The van der Waals surface area contributed by atoms with Gasteiger partial charge in [-0.15, -0.1) is 0 Å². The number of carbonyl (C=O) groups excluding carboxylic acids is 4. The molecule has 16 heteroatoms. The number of hydrogen-bond acceptors (Lipinski definition) is 7. The molecule has 8 rings (SSSR count). The minimum Gasteiger partial charge on any atom is -0.351 e. The summed E-state index contributed by atoms with van der Waals surface area (Å²) in [5.41, 5.74) is 1.73. The van der Waals surface area contributed by atoms with E-state index >= 15 is 0 Å². The Labute approximate surface area is 302 Å². The summed E-state index contributed by atoms with van der Waals surface area (Å²) in [6.45, 7) is 0.284. The van der Waals surface area contributed by atoms with Gasteiger partial charge in [0, 0.05) is 18.8 Å². The zero-order chi connectivity index (χ0) is 37.5. The van der Waals surface area contributed by atoms with Crippen molar-refractivity contribution in [1.82, 2.24) is 25.3 Å². The fourth-order valence-electron chi connectivity index (χ4n) is 8.77. The first-order valence-corrected chi connectivity index (χ1v) is 18.8. The summed E-state index contributed by atoms with van der Waals surface area (Å²) in [5, 5.41) is 8.46. The Morgan fingerprint density at radius 3 is 2.15 bits per heavy atom. The number of aromatic nitrogens is 2. The van der Waals surface area contributed by atoms with E-state index in [1.807, 2.05) is 0 Å². The van der Waals surface area contributed by atoms with E-state index in [1.54, 1.807) is 36.4 Å². The van der Waals surface area contributed by atoms with Gasteiger partial charge >= 0.3 is 12.1 Å². The van der Waals surface area contributed by atoms with Crippen LogP contribution in [0, 0.1) is 23.2 Å². The normalized spacial score (nSPS) is 22.6. The highest BCUT2D eigenvalue weighted by molar-refractivity contribution is 7.90. The number of rotatable bonds is 11. The highest BCUT2D eigenvalue weighted by Gasteiger charge is 2.51. The maximum Gasteiger partial charge on any atom is 0.472 e. The minimum absolute atomic E-state index is 0.0682. The van der Waals surface area contributed by atoms with Crippen LogP contribution < -0.4 is 20.7 Å². The van der Waals surface area contributed by atoms with E-state index < -0.39 is 44.7 Å². The summed E-state index contributed by atoms with van der Waals surface area (Å²) in [6.07, 6.45) is 3.15. The molecule has 4 aromatic rings. The van der Waals surface area contributed by atoms with E-state index in [4.69, 9.17) is 0 Å². The number of amides is 4. The van der Waals surface area contributed by atoms with E-state index in [1.165, 1.54) is 43.8 Å². The first-order valence-electron chi connectivity index (χ1n) is 17.3. The predicted molar refractivity (Wildman–Crippen MR) is 187 cm³/mol. The third kappa shape index (κ3) is 7.77. The van der Waals surface area contributed by atoms with Crippen molar-refractivity contribution in [3.63, 3.8) is 0 Å². The Balaban J connectivity index is 1.08. The van der Waals surface area contributed by atoms with Crippen LogP contribution in [0.3, 0.4) is 0 Å². The van der Waals surface area contributed by atoms with Crippen molar-refractivity contribution >= 4 is 50.4 Å². The molecule has 1 aromatic heterocycles. The van der Waals surface area contributed by atoms with Gasteiger partial charge in [-0.2, -0.15) is 13.2 Å². The van der Waals surface area contributed by atoms with Crippen LogP contribution in [0.5, 0.6) is 0 Å². The lowest BCUT2D eigenvalue weighted by Crippen LogP contribution is -2.51. The number of carbonyl (C=O) groups is 4. The lowest BCUT2D eigenvalue weighted by molar-refractivity contribution is -0.171. The molecule has 0 radical (unpaired) electrons. The van der Waals surface area contributed by atoms with Gasteiger partial charge in [0.05, 0.1) is 39.3 Å². The molecule has 0 saturated heterocycles. The molecular formula is C37H37F3N6O6S. The van der Waals surface area contributed by atoms with Crippen LogP contribution in [0.2, 0.25) is 0 Å². The van der Waals surface area contributed by atoms with Gasteiger partial charge < -0.3 is 20.9 Å². The first-order chi connectivity index (χ1) is 25.2. The summed E-state index contributed by atoms with van der Waals surface area (Å²) in [4.78, 5) is 59.2. The molecule has 0 aliphatic heterocycles. The van der Waals surface area contributed by atoms with Gasteiger partial charge in [0.15, 0.2) is 0 Å². The Morgan fingerprint density at radius 2 is 1.49 bits per heavy atom. The number of nitrogens with one attached hydrogen (secondary N) is 5. The standard InChI is InChI=1S/C37H37F3N6O6S/c38-37(39,40)35(50)46-53(51,52)26-8-4-7-25(12-26)45-34(49)29(24-5-2-1-3-6-24)18-41-32(47)27-13-30-31(44-20-43-30)14-28(27)33(48)42-19-36-15-21-9-22(16-36)11-23(10-21)17-36/h1-8,12-14,20-23,29H,9-11,15-19H2,(H,41,47)(H,42,48)(H,43,44)(H,45,49)(H,46,50). The van der Waals surface area contributed by atoms with E-state index in [9.17, 15) is 40.8 Å². The second-order valence-corrected chi connectivity index (χ2v) is 16.2. The summed E-state index contributed by atoms with van der Waals surface area (Å²) < 4.78 is 64.1. The summed E-state index contributed by atoms with van der Waals surface area (Å²) in [6, 6.07) is 15.9. The van der Waals surface area contributed by atoms with Crippen LogP contribution in [-0.4, -0.2) is 61.3 Å². The molecule has 4 amide bonds. The fourth-order valence-corrected chi connectivity index (χ4v) is 9.79. The highest BCUT2D eigenvalue weighted by Crippen LogP contribution is 2.59. The fraction of sp³-hybridized carbons (Fsp3) is 0.378. The van der Waals surface area contributed by atoms with Gasteiger partial charge in [-0.25, -0.2) is 18.1 Å².